The van der Waals surface area contributed by atoms with E-state index in [9.17, 15) is 0 Å². The van der Waals surface area contributed by atoms with E-state index >= 15 is 0 Å². The molecular formula is C13H19ClN2O. The van der Waals surface area contributed by atoms with Crippen molar-refractivity contribution in [1.29, 1.82) is 0 Å². The fourth-order valence-electron chi connectivity index (χ4n) is 2.24. The Morgan fingerprint density at radius 1 is 1.53 bits per heavy atom. The van der Waals surface area contributed by atoms with Crippen LogP contribution in [0.5, 0.6) is 5.75 Å². The smallest absolute Gasteiger partial charge is 0.168 e. The molecule has 3 nitrogen and oxygen atoms in total. The molecule has 1 fully saturated rings. The van der Waals surface area contributed by atoms with Gasteiger partial charge in [-0.05, 0) is 37.8 Å². The van der Waals surface area contributed by atoms with Crippen molar-refractivity contribution in [2.24, 2.45) is 5.92 Å². The van der Waals surface area contributed by atoms with Crippen LogP contribution in [0.1, 0.15) is 26.2 Å². The van der Waals surface area contributed by atoms with Crippen LogP contribution in [-0.2, 0) is 0 Å². The maximum Gasteiger partial charge on any atom is 0.168 e. The average molecular weight is 255 g/mol. The van der Waals surface area contributed by atoms with Crippen molar-refractivity contribution in [2.45, 2.75) is 31.6 Å². The van der Waals surface area contributed by atoms with Gasteiger partial charge in [-0.3, -0.25) is 0 Å². The van der Waals surface area contributed by atoms with Crippen molar-refractivity contribution in [3.05, 3.63) is 18.3 Å². The van der Waals surface area contributed by atoms with Gasteiger partial charge in [-0.2, -0.15) is 0 Å². The van der Waals surface area contributed by atoms with Crippen molar-refractivity contribution in [1.82, 2.24) is 4.98 Å². The van der Waals surface area contributed by atoms with Crippen molar-refractivity contribution in [2.75, 3.05) is 18.5 Å². The van der Waals surface area contributed by atoms with E-state index < -0.39 is 0 Å². The number of pyridine rings is 1. The number of ether oxygens (including phenoxy) is 1. The third kappa shape index (κ3) is 3.25. The number of anilines is 1. The normalized spacial score (nSPS) is 23.6. The van der Waals surface area contributed by atoms with Crippen LogP contribution in [0.3, 0.4) is 0 Å². The fourth-order valence-corrected chi connectivity index (χ4v) is 2.61. The molecule has 0 amide bonds. The molecule has 0 spiro atoms. The summed E-state index contributed by atoms with van der Waals surface area (Å²) >= 11 is 6.25. The van der Waals surface area contributed by atoms with Gasteiger partial charge in [0.25, 0.3) is 0 Å². The second-order valence-electron chi connectivity index (χ2n) is 4.37. The van der Waals surface area contributed by atoms with Gasteiger partial charge in [0.1, 0.15) is 0 Å². The summed E-state index contributed by atoms with van der Waals surface area (Å²) in [6, 6.07) is 3.82. The highest BCUT2D eigenvalue weighted by molar-refractivity contribution is 6.20. The molecule has 1 saturated carbocycles. The Hall–Kier alpha value is -0.960. The summed E-state index contributed by atoms with van der Waals surface area (Å²) in [7, 11) is 0. The first-order valence-corrected chi connectivity index (χ1v) is 6.70. The molecule has 1 N–H and O–H groups in total. The lowest BCUT2D eigenvalue weighted by atomic mass is 10.1. The largest absolute Gasteiger partial charge is 0.490 e. The average Bonchev–Trinajstić information content (AvgIpc) is 2.74. The molecule has 1 aromatic rings. The minimum atomic E-state index is 0.307. The van der Waals surface area contributed by atoms with E-state index in [1.165, 1.54) is 12.8 Å². The monoisotopic (exact) mass is 254 g/mol. The van der Waals surface area contributed by atoms with E-state index in [2.05, 4.69) is 10.3 Å². The number of hydrogen-bond acceptors (Lipinski definition) is 3. The SMILES string of the molecule is CCOc1cccnc1NCC1CCCC1Cl. The predicted molar refractivity (Wildman–Crippen MR) is 70.9 cm³/mol. The number of nitrogens with zero attached hydrogens (tertiary/aromatic N) is 1. The highest BCUT2D eigenvalue weighted by atomic mass is 35.5. The van der Waals surface area contributed by atoms with Crippen LogP contribution in [0.4, 0.5) is 5.82 Å². The lowest BCUT2D eigenvalue weighted by Gasteiger charge is -2.16. The lowest BCUT2D eigenvalue weighted by Crippen LogP contribution is -2.19. The molecule has 0 saturated heterocycles. The van der Waals surface area contributed by atoms with Crippen LogP contribution in [0, 0.1) is 5.92 Å². The van der Waals surface area contributed by atoms with Gasteiger partial charge in [0.2, 0.25) is 0 Å². The quantitative estimate of drug-likeness (QED) is 0.819. The number of alkyl halides is 1. The molecule has 0 aromatic carbocycles. The van der Waals surface area contributed by atoms with Gasteiger partial charge < -0.3 is 10.1 Å². The fraction of sp³-hybridized carbons (Fsp3) is 0.615. The summed E-state index contributed by atoms with van der Waals surface area (Å²) < 4.78 is 5.52. The molecule has 1 aliphatic rings. The van der Waals surface area contributed by atoms with Gasteiger partial charge in [0, 0.05) is 18.1 Å². The van der Waals surface area contributed by atoms with Gasteiger partial charge in [-0.25, -0.2) is 4.98 Å². The number of hydrogen-bond donors (Lipinski definition) is 1. The molecule has 0 bridgehead atoms. The van der Waals surface area contributed by atoms with Gasteiger partial charge in [-0.1, -0.05) is 6.42 Å². The Balaban J connectivity index is 1.93. The molecule has 1 aromatic heterocycles. The third-order valence-corrected chi connectivity index (χ3v) is 3.74. The van der Waals surface area contributed by atoms with E-state index in [1.54, 1.807) is 6.20 Å². The van der Waals surface area contributed by atoms with Crippen LogP contribution >= 0.6 is 11.6 Å². The summed E-state index contributed by atoms with van der Waals surface area (Å²) in [5.74, 6) is 2.19. The molecule has 0 radical (unpaired) electrons. The summed E-state index contributed by atoms with van der Waals surface area (Å²) in [4.78, 5) is 4.30. The molecule has 1 aliphatic carbocycles. The Labute approximate surface area is 108 Å². The second kappa shape index (κ2) is 6.10. The van der Waals surface area contributed by atoms with E-state index in [0.717, 1.165) is 24.5 Å². The standard InChI is InChI=1S/C13H19ClN2O/c1-2-17-12-7-4-8-15-13(12)16-9-10-5-3-6-11(10)14/h4,7-8,10-11H,2-3,5-6,9H2,1H3,(H,15,16). The van der Waals surface area contributed by atoms with Crippen LogP contribution in [0.2, 0.25) is 0 Å². The van der Waals surface area contributed by atoms with Crippen molar-refractivity contribution in [3.63, 3.8) is 0 Å². The summed E-state index contributed by atoms with van der Waals surface area (Å²) in [6.45, 7) is 3.51. The van der Waals surface area contributed by atoms with Crippen LogP contribution in [0.25, 0.3) is 0 Å². The number of halogens is 1. The molecule has 4 heteroatoms. The topological polar surface area (TPSA) is 34.1 Å². The zero-order valence-corrected chi connectivity index (χ0v) is 10.9. The zero-order valence-electron chi connectivity index (χ0n) is 10.2. The van der Waals surface area contributed by atoms with E-state index in [1.807, 2.05) is 19.1 Å². The Morgan fingerprint density at radius 2 is 2.41 bits per heavy atom. The number of nitrogens with one attached hydrogen (secondary N) is 1. The van der Waals surface area contributed by atoms with Crippen LogP contribution in [0.15, 0.2) is 18.3 Å². The Kier molecular flexibility index (Phi) is 4.49. The first-order chi connectivity index (χ1) is 8.31. The predicted octanol–water partition coefficient (Wildman–Crippen LogP) is 3.30. The first kappa shape index (κ1) is 12.5. The maximum atomic E-state index is 6.25. The second-order valence-corrected chi connectivity index (χ2v) is 4.93. The van der Waals surface area contributed by atoms with Gasteiger partial charge >= 0.3 is 0 Å². The summed E-state index contributed by atoms with van der Waals surface area (Å²) in [6.07, 6.45) is 5.35. The zero-order chi connectivity index (χ0) is 12.1. The van der Waals surface area contributed by atoms with Gasteiger partial charge in [0.15, 0.2) is 11.6 Å². The highest BCUT2D eigenvalue weighted by Crippen LogP contribution is 2.31. The molecule has 0 aliphatic heterocycles. The molecule has 2 atom stereocenters. The molecule has 17 heavy (non-hydrogen) atoms. The van der Waals surface area contributed by atoms with Crippen LogP contribution < -0.4 is 10.1 Å². The Morgan fingerprint density at radius 3 is 3.12 bits per heavy atom. The van der Waals surface area contributed by atoms with Crippen molar-refractivity contribution < 1.29 is 4.74 Å². The third-order valence-electron chi connectivity index (χ3n) is 3.17. The van der Waals surface area contributed by atoms with E-state index in [4.69, 9.17) is 16.3 Å². The molecule has 94 valence electrons. The molecule has 2 rings (SSSR count). The van der Waals surface area contributed by atoms with Gasteiger partial charge in [-0.15, -0.1) is 11.6 Å². The number of rotatable bonds is 5. The van der Waals surface area contributed by atoms with Crippen molar-refractivity contribution >= 4 is 17.4 Å². The molecule has 1 heterocycles. The lowest BCUT2D eigenvalue weighted by molar-refractivity contribution is 0.340. The van der Waals surface area contributed by atoms with E-state index in [0.29, 0.717) is 17.9 Å². The van der Waals surface area contributed by atoms with Gasteiger partial charge in [0.05, 0.1) is 6.61 Å². The minimum Gasteiger partial charge on any atom is -0.490 e. The molecular weight excluding hydrogens is 236 g/mol. The summed E-state index contributed by atoms with van der Waals surface area (Å²) in [5.41, 5.74) is 0. The Bertz CT molecular complexity index is 359. The maximum absolute atomic E-state index is 6.25. The summed E-state index contributed by atoms with van der Waals surface area (Å²) in [5, 5.41) is 3.66. The van der Waals surface area contributed by atoms with Crippen molar-refractivity contribution in [3.8, 4) is 5.75 Å². The number of aromatic nitrogens is 1. The molecule has 2 unspecified atom stereocenters. The highest BCUT2D eigenvalue weighted by Gasteiger charge is 2.25. The minimum absolute atomic E-state index is 0.307. The first-order valence-electron chi connectivity index (χ1n) is 6.27. The van der Waals surface area contributed by atoms with E-state index in [-0.39, 0.29) is 0 Å². The van der Waals surface area contributed by atoms with Crippen LogP contribution in [-0.4, -0.2) is 23.5 Å².